The van der Waals surface area contributed by atoms with Crippen molar-refractivity contribution >= 4 is 5.91 Å². The Morgan fingerprint density at radius 3 is 2.56 bits per heavy atom. The van der Waals surface area contributed by atoms with Crippen molar-refractivity contribution in [3.8, 4) is 6.07 Å². The van der Waals surface area contributed by atoms with Gasteiger partial charge in [0.15, 0.2) is 0 Å². The highest BCUT2D eigenvalue weighted by atomic mass is 16.5. The molecule has 1 aromatic rings. The van der Waals surface area contributed by atoms with Crippen molar-refractivity contribution in [3.05, 3.63) is 35.4 Å². The van der Waals surface area contributed by atoms with Crippen LogP contribution in [0.2, 0.25) is 0 Å². The van der Waals surface area contributed by atoms with Gasteiger partial charge in [0.25, 0.3) is 5.91 Å². The van der Waals surface area contributed by atoms with E-state index in [0.717, 1.165) is 45.6 Å². The molecule has 2 aliphatic rings. The van der Waals surface area contributed by atoms with Crippen LogP contribution >= 0.6 is 0 Å². The lowest BCUT2D eigenvalue weighted by Crippen LogP contribution is -2.48. The molecule has 134 valence electrons. The fourth-order valence-corrected chi connectivity index (χ4v) is 4.02. The smallest absolute Gasteiger partial charge is 0.253 e. The Morgan fingerprint density at radius 1 is 1.24 bits per heavy atom. The molecule has 0 radical (unpaired) electrons. The molecule has 0 N–H and O–H groups in total. The number of nitriles is 1. The quantitative estimate of drug-likeness (QED) is 0.848. The number of hydrogen-bond acceptors (Lipinski definition) is 4. The van der Waals surface area contributed by atoms with E-state index in [-0.39, 0.29) is 5.91 Å². The van der Waals surface area contributed by atoms with E-state index in [9.17, 15) is 4.79 Å². The zero-order valence-corrected chi connectivity index (χ0v) is 15.1. The Morgan fingerprint density at radius 2 is 1.92 bits per heavy atom. The molecule has 5 nitrogen and oxygen atoms in total. The van der Waals surface area contributed by atoms with Crippen molar-refractivity contribution in [2.75, 3.05) is 32.7 Å². The van der Waals surface area contributed by atoms with Gasteiger partial charge in [-0.05, 0) is 50.8 Å². The first-order valence-corrected chi connectivity index (χ1v) is 9.22. The molecule has 2 aliphatic heterocycles. The molecule has 0 aliphatic carbocycles. The number of hydrogen-bond donors (Lipinski definition) is 0. The van der Waals surface area contributed by atoms with Gasteiger partial charge in [0.2, 0.25) is 0 Å². The first kappa shape index (κ1) is 17.9. The maximum atomic E-state index is 12.6. The Kier molecular flexibility index (Phi) is 5.72. The number of morpholine rings is 1. The number of benzene rings is 1. The zero-order chi connectivity index (χ0) is 17.8. The van der Waals surface area contributed by atoms with Crippen LogP contribution in [0.4, 0.5) is 0 Å². The number of rotatable bonds is 3. The molecule has 2 saturated heterocycles. The van der Waals surface area contributed by atoms with Crippen molar-refractivity contribution in [2.45, 2.75) is 38.9 Å². The topological polar surface area (TPSA) is 56.6 Å². The van der Waals surface area contributed by atoms with Crippen LogP contribution < -0.4 is 0 Å². The molecule has 0 aromatic heterocycles. The molecular weight excluding hydrogens is 314 g/mol. The summed E-state index contributed by atoms with van der Waals surface area (Å²) in [5, 5.41) is 8.99. The normalized spacial score (nSPS) is 25.6. The molecule has 3 rings (SSSR count). The van der Waals surface area contributed by atoms with Crippen LogP contribution in [0.1, 0.15) is 42.6 Å². The van der Waals surface area contributed by atoms with Gasteiger partial charge in [0.05, 0.1) is 23.8 Å². The lowest BCUT2D eigenvalue weighted by Gasteiger charge is -2.39. The minimum atomic E-state index is 0.0455. The summed E-state index contributed by atoms with van der Waals surface area (Å²) < 4.78 is 5.80. The average molecular weight is 341 g/mol. The van der Waals surface area contributed by atoms with E-state index < -0.39 is 0 Å². The lowest BCUT2D eigenvalue weighted by atomic mass is 9.95. The Bertz CT molecular complexity index is 637. The van der Waals surface area contributed by atoms with Gasteiger partial charge in [0, 0.05) is 38.3 Å². The van der Waals surface area contributed by atoms with Crippen LogP contribution in [0.15, 0.2) is 24.3 Å². The summed E-state index contributed by atoms with van der Waals surface area (Å²) in [7, 11) is 0. The molecule has 25 heavy (non-hydrogen) atoms. The number of nitrogens with zero attached hydrogens (tertiary/aromatic N) is 3. The summed E-state index contributed by atoms with van der Waals surface area (Å²) >= 11 is 0. The Balaban J connectivity index is 1.51. The van der Waals surface area contributed by atoms with E-state index in [1.807, 2.05) is 4.90 Å². The summed E-state index contributed by atoms with van der Waals surface area (Å²) in [6.07, 6.45) is 2.70. The van der Waals surface area contributed by atoms with Gasteiger partial charge in [-0.2, -0.15) is 5.26 Å². The molecule has 0 bridgehead atoms. The van der Waals surface area contributed by atoms with E-state index >= 15 is 0 Å². The SMILES string of the molecule is C[C@@H]1CN(CC2CCN(C(=O)c3cccc(C#N)c3)CC2)C[C@@H](C)O1. The van der Waals surface area contributed by atoms with Crippen LogP contribution in [0.25, 0.3) is 0 Å². The summed E-state index contributed by atoms with van der Waals surface area (Å²) in [4.78, 5) is 17.1. The van der Waals surface area contributed by atoms with Gasteiger partial charge in [-0.3, -0.25) is 9.69 Å². The second kappa shape index (κ2) is 7.99. The zero-order valence-electron chi connectivity index (χ0n) is 15.1. The van der Waals surface area contributed by atoms with Crippen molar-refractivity contribution in [1.82, 2.24) is 9.80 Å². The van der Waals surface area contributed by atoms with E-state index in [0.29, 0.717) is 29.3 Å². The monoisotopic (exact) mass is 341 g/mol. The molecule has 5 heteroatoms. The van der Waals surface area contributed by atoms with Crippen LogP contribution in [0, 0.1) is 17.2 Å². The van der Waals surface area contributed by atoms with E-state index in [1.165, 1.54) is 0 Å². The molecule has 2 atom stereocenters. The first-order chi connectivity index (χ1) is 12.0. The maximum absolute atomic E-state index is 12.6. The largest absolute Gasteiger partial charge is 0.373 e. The minimum Gasteiger partial charge on any atom is -0.373 e. The summed E-state index contributed by atoms with van der Waals surface area (Å²) in [6, 6.07) is 9.09. The second-order valence-electron chi connectivity index (χ2n) is 7.40. The fraction of sp³-hybridized carbons (Fsp3) is 0.600. The van der Waals surface area contributed by atoms with Crippen molar-refractivity contribution < 1.29 is 9.53 Å². The first-order valence-electron chi connectivity index (χ1n) is 9.22. The molecule has 0 saturated carbocycles. The van der Waals surface area contributed by atoms with Crippen LogP contribution in [-0.4, -0.2) is 60.6 Å². The number of carbonyl (C=O) groups is 1. The highest BCUT2D eigenvalue weighted by Gasteiger charge is 2.28. The predicted octanol–water partition coefficient (Wildman–Crippen LogP) is 2.52. The van der Waals surface area contributed by atoms with Gasteiger partial charge in [-0.15, -0.1) is 0 Å². The molecule has 0 spiro atoms. The molecule has 2 heterocycles. The third-order valence-electron chi connectivity index (χ3n) is 5.15. The van der Waals surface area contributed by atoms with Crippen molar-refractivity contribution in [3.63, 3.8) is 0 Å². The number of likely N-dealkylation sites (tertiary alicyclic amines) is 1. The molecule has 2 fully saturated rings. The summed E-state index contributed by atoms with van der Waals surface area (Å²) in [6.45, 7) is 8.99. The number of ether oxygens (including phenoxy) is 1. The predicted molar refractivity (Wildman–Crippen MR) is 96.2 cm³/mol. The average Bonchev–Trinajstić information content (AvgIpc) is 2.61. The van der Waals surface area contributed by atoms with Gasteiger partial charge < -0.3 is 9.64 Å². The fourth-order valence-electron chi connectivity index (χ4n) is 4.02. The number of amides is 1. The third kappa shape index (κ3) is 4.59. The van der Waals surface area contributed by atoms with Gasteiger partial charge in [-0.1, -0.05) is 6.07 Å². The van der Waals surface area contributed by atoms with Gasteiger partial charge in [-0.25, -0.2) is 0 Å². The van der Waals surface area contributed by atoms with Crippen LogP contribution in [0.5, 0.6) is 0 Å². The highest BCUT2D eigenvalue weighted by Crippen LogP contribution is 2.22. The van der Waals surface area contributed by atoms with E-state index in [2.05, 4.69) is 24.8 Å². The Labute approximate surface area is 150 Å². The van der Waals surface area contributed by atoms with Gasteiger partial charge >= 0.3 is 0 Å². The third-order valence-corrected chi connectivity index (χ3v) is 5.15. The molecule has 1 aromatic carbocycles. The van der Waals surface area contributed by atoms with E-state index in [1.54, 1.807) is 24.3 Å². The molecule has 0 unspecified atom stereocenters. The standard InChI is InChI=1S/C20H27N3O2/c1-15-12-22(13-16(2)25-15)14-17-6-8-23(9-7-17)20(24)19-5-3-4-18(10-19)11-21/h3-5,10,15-17H,6-9,12-14H2,1-2H3/t15-,16-/m1/s1. The molecule has 1 amide bonds. The minimum absolute atomic E-state index is 0.0455. The number of carbonyl (C=O) groups excluding carboxylic acids is 1. The number of piperidine rings is 1. The second-order valence-corrected chi connectivity index (χ2v) is 7.40. The lowest BCUT2D eigenvalue weighted by molar-refractivity contribution is -0.0728. The van der Waals surface area contributed by atoms with Crippen molar-refractivity contribution in [2.24, 2.45) is 5.92 Å². The van der Waals surface area contributed by atoms with Crippen LogP contribution in [0.3, 0.4) is 0 Å². The summed E-state index contributed by atoms with van der Waals surface area (Å²) in [5.41, 5.74) is 1.16. The molecular formula is C20H27N3O2. The van der Waals surface area contributed by atoms with Crippen molar-refractivity contribution in [1.29, 1.82) is 5.26 Å². The van der Waals surface area contributed by atoms with Crippen LogP contribution in [-0.2, 0) is 4.74 Å². The Hall–Kier alpha value is -1.90. The van der Waals surface area contributed by atoms with Gasteiger partial charge in [0.1, 0.15) is 0 Å². The maximum Gasteiger partial charge on any atom is 0.253 e. The van der Waals surface area contributed by atoms with E-state index in [4.69, 9.17) is 10.00 Å². The highest BCUT2D eigenvalue weighted by molar-refractivity contribution is 5.94. The summed E-state index contributed by atoms with van der Waals surface area (Å²) in [5.74, 6) is 0.691.